The number of nitrogens with zero attached hydrogens (tertiary/aromatic N) is 4. The monoisotopic (exact) mass is 448 g/mol. The number of nitrogens with one attached hydrogen (secondary N) is 2. The summed E-state index contributed by atoms with van der Waals surface area (Å²) in [7, 11) is 1.66. The molecule has 0 aliphatic carbocycles. The van der Waals surface area contributed by atoms with E-state index in [-0.39, 0.29) is 6.04 Å². The van der Waals surface area contributed by atoms with Crippen LogP contribution < -0.4 is 20.1 Å². The fourth-order valence-electron chi connectivity index (χ4n) is 3.79. The van der Waals surface area contributed by atoms with Crippen molar-refractivity contribution in [3.8, 4) is 11.5 Å². The van der Waals surface area contributed by atoms with E-state index in [1.165, 1.54) is 0 Å². The van der Waals surface area contributed by atoms with E-state index in [1.807, 2.05) is 16.8 Å². The van der Waals surface area contributed by atoms with E-state index in [0.717, 1.165) is 55.5 Å². The van der Waals surface area contributed by atoms with Gasteiger partial charge in [0.2, 0.25) is 0 Å². The summed E-state index contributed by atoms with van der Waals surface area (Å²) in [4.78, 5) is 9.28. The number of aryl methyl sites for hydroxylation is 1. The molecule has 0 saturated heterocycles. The average Bonchev–Trinajstić information content (AvgIpc) is 3.16. The molecule has 2 aromatic rings. The molecule has 0 saturated carbocycles. The summed E-state index contributed by atoms with van der Waals surface area (Å²) in [5.74, 6) is 3.89. The van der Waals surface area contributed by atoms with Gasteiger partial charge in [-0.15, -0.1) is 0 Å². The molecule has 2 aliphatic rings. The lowest BCUT2D eigenvalue weighted by Gasteiger charge is -2.25. The highest BCUT2D eigenvalue weighted by Gasteiger charge is 2.22. The van der Waals surface area contributed by atoms with Crippen molar-refractivity contribution in [2.45, 2.75) is 45.4 Å². The lowest BCUT2D eigenvalue weighted by molar-refractivity contribution is 0.171. The van der Waals surface area contributed by atoms with Crippen LogP contribution in [-0.4, -0.2) is 60.2 Å². The van der Waals surface area contributed by atoms with Gasteiger partial charge in [0.15, 0.2) is 23.3 Å². The van der Waals surface area contributed by atoms with E-state index in [1.54, 1.807) is 7.11 Å². The molecule has 0 fully saturated rings. The predicted molar refractivity (Wildman–Crippen MR) is 118 cm³/mol. The number of guanidine groups is 1. The lowest BCUT2D eigenvalue weighted by Crippen LogP contribution is -2.47. The van der Waals surface area contributed by atoms with Crippen LogP contribution in [0.4, 0.5) is 0 Å². The zero-order valence-electron chi connectivity index (χ0n) is 18.0. The minimum atomic E-state index is 0.242. The van der Waals surface area contributed by atoms with Crippen molar-refractivity contribution in [1.29, 1.82) is 0 Å². The largest absolute Gasteiger partial charge is 0.486 e. The molecule has 0 radical (unpaired) electrons. The van der Waals surface area contributed by atoms with E-state index in [9.17, 15) is 0 Å². The van der Waals surface area contributed by atoms with Gasteiger partial charge in [-0.25, -0.2) is 9.67 Å². The molecule has 0 bridgehead atoms. The van der Waals surface area contributed by atoms with Crippen molar-refractivity contribution >= 4 is 17.6 Å². The van der Waals surface area contributed by atoms with E-state index < -0.39 is 0 Å². The second kappa shape index (κ2) is 10.2. The summed E-state index contributed by atoms with van der Waals surface area (Å²) in [5, 5.41) is 12.0. The SMILES string of the molecule is CCNC(=NCCc1cc(Cl)c2c(c1)OCCO2)NC1CCc2nc(COC)nn2C1. The van der Waals surface area contributed by atoms with Gasteiger partial charge in [-0.1, -0.05) is 11.6 Å². The molecular formula is C21H29ClN6O3. The Kier molecular flexibility index (Phi) is 7.14. The first-order valence-corrected chi connectivity index (χ1v) is 11.1. The Hall–Kier alpha value is -2.52. The van der Waals surface area contributed by atoms with Crippen LogP contribution in [0.5, 0.6) is 11.5 Å². The quantitative estimate of drug-likeness (QED) is 0.494. The normalized spacial score (nSPS) is 17.9. The van der Waals surface area contributed by atoms with Crippen LogP contribution in [0.3, 0.4) is 0 Å². The second-order valence-electron chi connectivity index (χ2n) is 7.55. The number of methoxy groups -OCH3 is 1. The van der Waals surface area contributed by atoms with Crippen LogP contribution in [0.25, 0.3) is 0 Å². The van der Waals surface area contributed by atoms with E-state index in [4.69, 9.17) is 30.8 Å². The van der Waals surface area contributed by atoms with Gasteiger partial charge < -0.3 is 24.8 Å². The Morgan fingerprint density at radius 2 is 2.23 bits per heavy atom. The molecule has 0 spiro atoms. The highest BCUT2D eigenvalue weighted by atomic mass is 35.5. The molecule has 31 heavy (non-hydrogen) atoms. The topological polar surface area (TPSA) is 94.8 Å². The van der Waals surface area contributed by atoms with Crippen LogP contribution in [0, 0.1) is 0 Å². The Morgan fingerprint density at radius 3 is 3.06 bits per heavy atom. The summed E-state index contributed by atoms with van der Waals surface area (Å²) < 4.78 is 18.4. The maximum absolute atomic E-state index is 6.34. The maximum Gasteiger partial charge on any atom is 0.191 e. The average molecular weight is 449 g/mol. The van der Waals surface area contributed by atoms with E-state index in [0.29, 0.717) is 42.9 Å². The third-order valence-corrected chi connectivity index (χ3v) is 5.47. The third kappa shape index (κ3) is 5.40. The number of aromatic nitrogens is 3. The number of benzene rings is 1. The first-order chi connectivity index (χ1) is 15.2. The van der Waals surface area contributed by atoms with E-state index >= 15 is 0 Å². The summed E-state index contributed by atoms with van der Waals surface area (Å²) >= 11 is 6.34. The van der Waals surface area contributed by atoms with Gasteiger partial charge in [-0.3, -0.25) is 4.99 Å². The Bertz CT molecular complexity index is 932. The van der Waals surface area contributed by atoms with Crippen molar-refractivity contribution < 1.29 is 14.2 Å². The minimum absolute atomic E-state index is 0.242. The molecule has 168 valence electrons. The van der Waals surface area contributed by atoms with Crippen LogP contribution in [-0.2, 0) is 30.7 Å². The Morgan fingerprint density at radius 1 is 1.35 bits per heavy atom. The van der Waals surface area contributed by atoms with E-state index in [2.05, 4.69) is 27.6 Å². The molecule has 4 rings (SSSR count). The van der Waals surface area contributed by atoms with Crippen LogP contribution in [0.15, 0.2) is 17.1 Å². The number of rotatable bonds is 7. The molecule has 10 heteroatoms. The van der Waals surface area contributed by atoms with Gasteiger partial charge in [0.1, 0.15) is 25.6 Å². The predicted octanol–water partition coefficient (Wildman–Crippen LogP) is 1.96. The van der Waals surface area contributed by atoms with Crippen molar-refractivity contribution in [1.82, 2.24) is 25.4 Å². The molecule has 1 atom stereocenters. The van der Waals surface area contributed by atoms with Crippen molar-refractivity contribution in [2.24, 2.45) is 4.99 Å². The Labute approximate surface area is 187 Å². The van der Waals surface area contributed by atoms with Crippen molar-refractivity contribution in [3.05, 3.63) is 34.4 Å². The van der Waals surface area contributed by atoms with Gasteiger partial charge in [0.25, 0.3) is 0 Å². The van der Waals surface area contributed by atoms with Crippen molar-refractivity contribution in [3.63, 3.8) is 0 Å². The summed E-state index contributed by atoms with van der Waals surface area (Å²) in [5.41, 5.74) is 1.07. The lowest BCUT2D eigenvalue weighted by atomic mass is 10.1. The number of hydrogen-bond acceptors (Lipinski definition) is 6. The standard InChI is InChI=1S/C21H29ClN6O3/c1-3-23-21(25-15-4-5-19-26-18(13-29-2)27-28(19)12-15)24-7-6-14-10-16(22)20-17(11-14)30-8-9-31-20/h10-11,15H,3-9,12-13H2,1-2H3,(H2,23,24,25). The summed E-state index contributed by atoms with van der Waals surface area (Å²) in [6, 6.07) is 4.16. The van der Waals surface area contributed by atoms with Gasteiger partial charge in [-0.05, 0) is 37.5 Å². The van der Waals surface area contributed by atoms with Crippen LogP contribution in [0.1, 0.15) is 30.6 Å². The molecule has 1 aromatic carbocycles. The highest BCUT2D eigenvalue weighted by molar-refractivity contribution is 6.32. The van der Waals surface area contributed by atoms with Gasteiger partial charge in [0, 0.05) is 32.7 Å². The van der Waals surface area contributed by atoms with Gasteiger partial charge >= 0.3 is 0 Å². The number of fused-ring (bicyclic) bond motifs is 2. The molecule has 2 N–H and O–H groups in total. The smallest absolute Gasteiger partial charge is 0.191 e. The van der Waals surface area contributed by atoms with Crippen LogP contribution >= 0.6 is 11.6 Å². The van der Waals surface area contributed by atoms with Gasteiger partial charge in [0.05, 0.1) is 11.6 Å². The fraction of sp³-hybridized carbons (Fsp3) is 0.571. The maximum atomic E-state index is 6.34. The first kappa shape index (κ1) is 21.7. The summed E-state index contributed by atoms with van der Waals surface area (Å²) in [6.45, 7) is 5.75. The molecular weight excluding hydrogens is 420 g/mol. The number of hydrogen-bond donors (Lipinski definition) is 2. The molecule has 0 amide bonds. The first-order valence-electron chi connectivity index (χ1n) is 10.7. The number of ether oxygens (including phenoxy) is 3. The fourth-order valence-corrected chi connectivity index (χ4v) is 4.08. The molecule has 1 unspecified atom stereocenters. The molecule has 9 nitrogen and oxygen atoms in total. The second-order valence-corrected chi connectivity index (χ2v) is 7.96. The highest BCUT2D eigenvalue weighted by Crippen LogP contribution is 2.38. The van der Waals surface area contributed by atoms with Gasteiger partial charge in [-0.2, -0.15) is 5.10 Å². The minimum Gasteiger partial charge on any atom is -0.486 e. The number of aliphatic imine (C=N–C) groups is 1. The van der Waals surface area contributed by atoms with Crippen molar-refractivity contribution in [2.75, 3.05) is 33.4 Å². The zero-order chi connectivity index (χ0) is 21.6. The molecule has 3 heterocycles. The third-order valence-electron chi connectivity index (χ3n) is 5.19. The molecule has 2 aliphatic heterocycles. The zero-order valence-corrected chi connectivity index (χ0v) is 18.7. The summed E-state index contributed by atoms with van der Waals surface area (Å²) in [6.07, 6.45) is 2.61. The van der Waals surface area contributed by atoms with Crippen LogP contribution in [0.2, 0.25) is 5.02 Å². The molecule has 1 aromatic heterocycles. The number of halogens is 1. The Balaban J connectivity index is 1.36.